The third kappa shape index (κ3) is 4.28. The number of hydrogen-bond acceptors (Lipinski definition) is 6. The van der Waals surface area contributed by atoms with Crippen molar-refractivity contribution in [2.45, 2.75) is 0 Å². The van der Waals surface area contributed by atoms with Gasteiger partial charge < -0.3 is 20.4 Å². The van der Waals surface area contributed by atoms with Crippen LogP contribution in [0.2, 0.25) is 0 Å². The minimum atomic E-state index is -1.05. The highest BCUT2D eigenvalue weighted by molar-refractivity contribution is 6.03. The maximum atomic E-state index is 11.6. The van der Waals surface area contributed by atoms with Gasteiger partial charge in [0.15, 0.2) is 0 Å². The number of carbonyl (C=O) groups is 3. The van der Waals surface area contributed by atoms with E-state index in [-0.39, 0.29) is 24.3 Å². The van der Waals surface area contributed by atoms with Crippen LogP contribution in [-0.2, 0) is 9.57 Å². The maximum Gasteiger partial charge on any atom is 0.363 e. The predicted molar refractivity (Wildman–Crippen MR) is 61.9 cm³/mol. The quantitative estimate of drug-likeness (QED) is 0.502. The highest BCUT2D eigenvalue weighted by Crippen LogP contribution is 2.11. The highest BCUT2D eigenvalue weighted by atomic mass is 16.7. The maximum absolute atomic E-state index is 11.6. The van der Waals surface area contributed by atoms with E-state index in [1.165, 1.54) is 24.3 Å². The standard InChI is InChI=1S/C11H12N2O6/c12-11(17)13-19-10(16)8-4-2-1-3-7(8)9(15)18-6-5-14/h1-4,14H,5-6H2,(H3,12,13,17). The van der Waals surface area contributed by atoms with E-state index in [0.717, 1.165) is 0 Å². The number of hydrogen-bond donors (Lipinski definition) is 3. The average molecular weight is 268 g/mol. The van der Waals surface area contributed by atoms with Crippen LogP contribution in [0.3, 0.4) is 0 Å². The molecular weight excluding hydrogens is 256 g/mol. The zero-order valence-electron chi connectivity index (χ0n) is 9.79. The molecule has 0 aliphatic heterocycles. The molecule has 8 heteroatoms. The summed E-state index contributed by atoms with van der Waals surface area (Å²) in [6.07, 6.45) is 0. The van der Waals surface area contributed by atoms with Crippen LogP contribution in [-0.4, -0.2) is 36.3 Å². The average Bonchev–Trinajstić information content (AvgIpc) is 2.42. The minimum absolute atomic E-state index is 0.0489. The summed E-state index contributed by atoms with van der Waals surface area (Å²) in [5, 5.41) is 8.56. The van der Waals surface area contributed by atoms with Gasteiger partial charge >= 0.3 is 18.0 Å². The Bertz CT molecular complexity index is 488. The summed E-state index contributed by atoms with van der Waals surface area (Å²) in [5.41, 5.74) is 6.24. The van der Waals surface area contributed by atoms with Crippen LogP contribution in [0, 0.1) is 0 Å². The van der Waals surface area contributed by atoms with Gasteiger partial charge in [-0.2, -0.15) is 5.48 Å². The number of esters is 1. The van der Waals surface area contributed by atoms with Gasteiger partial charge in [0, 0.05) is 0 Å². The van der Waals surface area contributed by atoms with Gasteiger partial charge in [0.1, 0.15) is 6.61 Å². The van der Waals surface area contributed by atoms with Crippen molar-refractivity contribution in [2.75, 3.05) is 13.2 Å². The van der Waals surface area contributed by atoms with Crippen molar-refractivity contribution in [2.24, 2.45) is 5.73 Å². The van der Waals surface area contributed by atoms with Crippen LogP contribution in [0.1, 0.15) is 20.7 Å². The Labute approximate surface area is 108 Å². The number of aliphatic hydroxyl groups is 1. The Hall–Kier alpha value is -2.61. The monoisotopic (exact) mass is 268 g/mol. The molecule has 0 radical (unpaired) electrons. The van der Waals surface area contributed by atoms with E-state index in [9.17, 15) is 14.4 Å². The van der Waals surface area contributed by atoms with Gasteiger partial charge in [-0.25, -0.2) is 14.4 Å². The second-order valence-electron chi connectivity index (χ2n) is 3.26. The summed E-state index contributed by atoms with van der Waals surface area (Å²) in [5.74, 6) is -1.75. The van der Waals surface area contributed by atoms with Crippen LogP contribution >= 0.6 is 0 Å². The highest BCUT2D eigenvalue weighted by Gasteiger charge is 2.19. The predicted octanol–water partition coefficient (Wildman–Crippen LogP) is -0.424. The molecule has 1 aromatic carbocycles. The van der Waals surface area contributed by atoms with E-state index >= 15 is 0 Å². The van der Waals surface area contributed by atoms with E-state index in [1.54, 1.807) is 5.48 Å². The molecule has 0 heterocycles. The first-order valence-corrected chi connectivity index (χ1v) is 5.20. The fraction of sp³-hybridized carbons (Fsp3) is 0.182. The van der Waals surface area contributed by atoms with Gasteiger partial charge in [-0.15, -0.1) is 0 Å². The molecule has 0 atom stereocenters. The number of benzene rings is 1. The van der Waals surface area contributed by atoms with Crippen molar-refractivity contribution >= 4 is 18.0 Å². The van der Waals surface area contributed by atoms with Crippen molar-refractivity contribution in [3.63, 3.8) is 0 Å². The second kappa shape index (κ2) is 6.97. The molecule has 1 aromatic rings. The lowest BCUT2D eigenvalue weighted by Gasteiger charge is -2.08. The molecule has 0 bridgehead atoms. The van der Waals surface area contributed by atoms with Crippen molar-refractivity contribution < 1.29 is 29.1 Å². The fourth-order valence-electron chi connectivity index (χ4n) is 1.21. The normalized spacial score (nSPS) is 9.53. The van der Waals surface area contributed by atoms with Crippen LogP contribution < -0.4 is 11.2 Å². The zero-order chi connectivity index (χ0) is 14.3. The van der Waals surface area contributed by atoms with Crippen LogP contribution in [0.4, 0.5) is 4.79 Å². The lowest BCUT2D eigenvalue weighted by atomic mass is 10.1. The number of nitrogens with one attached hydrogen (secondary N) is 1. The molecule has 102 valence electrons. The number of nitrogens with two attached hydrogens (primary N) is 1. The lowest BCUT2D eigenvalue weighted by molar-refractivity contribution is 0.0318. The van der Waals surface area contributed by atoms with E-state index in [2.05, 4.69) is 9.57 Å². The molecule has 4 N–H and O–H groups in total. The molecule has 0 saturated heterocycles. The Morgan fingerprint density at radius 2 is 1.74 bits per heavy atom. The molecule has 0 aromatic heterocycles. The second-order valence-corrected chi connectivity index (χ2v) is 3.26. The van der Waals surface area contributed by atoms with Crippen molar-refractivity contribution in [1.29, 1.82) is 0 Å². The Morgan fingerprint density at radius 3 is 2.26 bits per heavy atom. The summed E-state index contributed by atoms with van der Waals surface area (Å²) in [7, 11) is 0. The number of ether oxygens (including phenoxy) is 1. The molecule has 1 rings (SSSR count). The molecule has 0 unspecified atom stereocenters. The Balaban J connectivity index is 2.85. The Kier molecular flexibility index (Phi) is 5.30. The number of aliphatic hydroxyl groups excluding tert-OH is 1. The number of hydroxylamine groups is 1. The molecule has 0 fully saturated rings. The van der Waals surface area contributed by atoms with Gasteiger partial charge in [-0.1, -0.05) is 12.1 Å². The van der Waals surface area contributed by atoms with Crippen LogP contribution in [0.15, 0.2) is 24.3 Å². The first-order chi connectivity index (χ1) is 9.06. The van der Waals surface area contributed by atoms with E-state index < -0.39 is 18.0 Å². The third-order valence-corrected chi connectivity index (χ3v) is 1.94. The molecule has 8 nitrogen and oxygen atoms in total. The molecule has 0 aliphatic carbocycles. The fourth-order valence-corrected chi connectivity index (χ4v) is 1.21. The van der Waals surface area contributed by atoms with Crippen LogP contribution in [0.25, 0.3) is 0 Å². The number of primary amides is 1. The summed E-state index contributed by atoms with van der Waals surface area (Å²) < 4.78 is 4.68. The smallest absolute Gasteiger partial charge is 0.363 e. The summed E-state index contributed by atoms with van der Waals surface area (Å²) in [6.45, 7) is -0.524. The molecule has 0 saturated carbocycles. The molecule has 19 heavy (non-hydrogen) atoms. The third-order valence-electron chi connectivity index (χ3n) is 1.94. The van der Waals surface area contributed by atoms with E-state index in [1.807, 2.05) is 0 Å². The van der Waals surface area contributed by atoms with Gasteiger partial charge in [0.2, 0.25) is 0 Å². The molecular formula is C11H12N2O6. The van der Waals surface area contributed by atoms with Gasteiger partial charge in [0.05, 0.1) is 17.7 Å². The largest absolute Gasteiger partial charge is 0.460 e. The first kappa shape index (κ1) is 14.5. The van der Waals surface area contributed by atoms with Gasteiger partial charge in [0.25, 0.3) is 0 Å². The van der Waals surface area contributed by atoms with Gasteiger partial charge in [-0.05, 0) is 12.1 Å². The summed E-state index contributed by atoms with van der Waals surface area (Å²) in [4.78, 5) is 38.0. The topological polar surface area (TPSA) is 128 Å². The first-order valence-electron chi connectivity index (χ1n) is 5.20. The Morgan fingerprint density at radius 1 is 1.16 bits per heavy atom. The lowest BCUT2D eigenvalue weighted by Crippen LogP contribution is -2.32. The molecule has 0 aliphatic rings. The number of amides is 2. The van der Waals surface area contributed by atoms with Crippen LogP contribution in [0.5, 0.6) is 0 Å². The number of urea groups is 1. The minimum Gasteiger partial charge on any atom is -0.460 e. The van der Waals surface area contributed by atoms with E-state index in [0.29, 0.717) is 0 Å². The summed E-state index contributed by atoms with van der Waals surface area (Å²) in [6, 6.07) is 4.65. The zero-order valence-corrected chi connectivity index (χ0v) is 9.79. The van der Waals surface area contributed by atoms with Crippen molar-refractivity contribution in [3.8, 4) is 0 Å². The molecule has 2 amide bonds. The van der Waals surface area contributed by atoms with Crippen molar-refractivity contribution in [1.82, 2.24) is 5.48 Å². The van der Waals surface area contributed by atoms with Crippen molar-refractivity contribution in [3.05, 3.63) is 35.4 Å². The van der Waals surface area contributed by atoms with E-state index in [4.69, 9.17) is 10.8 Å². The number of carbonyl (C=O) groups excluding carboxylic acids is 3. The molecule has 0 spiro atoms. The van der Waals surface area contributed by atoms with Gasteiger partial charge in [-0.3, -0.25) is 0 Å². The summed E-state index contributed by atoms with van der Waals surface area (Å²) >= 11 is 0. The number of rotatable bonds is 4. The SMILES string of the molecule is NC(=O)NOC(=O)c1ccccc1C(=O)OCCO.